The smallest absolute Gasteiger partial charge is 0.225 e. The standard InChI is InChI=1S/C18H16BNO/c19-14-6-2-5-13(7-14)15-10-18(21)20-17-9-12-4-1-3-11(12)8-16(15)17/h2,5-9,15H,1,3-4,10H2,(H,20,21). The van der Waals surface area contributed by atoms with E-state index in [9.17, 15) is 4.79 Å². The van der Waals surface area contributed by atoms with Crippen LogP contribution in [0.25, 0.3) is 0 Å². The summed E-state index contributed by atoms with van der Waals surface area (Å²) in [5, 5.41) is 3.03. The lowest BCUT2D eigenvalue weighted by molar-refractivity contribution is -0.116. The first-order chi connectivity index (χ1) is 10.2. The van der Waals surface area contributed by atoms with E-state index < -0.39 is 0 Å². The molecular formula is C18H16BNO. The zero-order valence-electron chi connectivity index (χ0n) is 11.9. The van der Waals surface area contributed by atoms with Crippen LogP contribution < -0.4 is 10.8 Å². The fourth-order valence-electron chi connectivity index (χ4n) is 3.61. The van der Waals surface area contributed by atoms with E-state index in [-0.39, 0.29) is 11.8 Å². The fraction of sp³-hybridized carbons (Fsp3) is 0.278. The summed E-state index contributed by atoms with van der Waals surface area (Å²) in [5.41, 5.74) is 6.94. The molecule has 21 heavy (non-hydrogen) atoms. The Kier molecular flexibility index (Phi) is 2.88. The number of aryl methyl sites for hydroxylation is 2. The molecule has 2 aromatic rings. The van der Waals surface area contributed by atoms with E-state index in [1.54, 1.807) is 0 Å². The van der Waals surface area contributed by atoms with Crippen molar-refractivity contribution in [2.24, 2.45) is 0 Å². The zero-order chi connectivity index (χ0) is 14.4. The first kappa shape index (κ1) is 12.7. The molecule has 1 aliphatic heterocycles. The van der Waals surface area contributed by atoms with Gasteiger partial charge in [0, 0.05) is 18.0 Å². The molecule has 1 unspecified atom stereocenters. The van der Waals surface area contributed by atoms with Crippen molar-refractivity contribution in [2.45, 2.75) is 31.6 Å². The van der Waals surface area contributed by atoms with Crippen LogP contribution in [0, 0.1) is 0 Å². The Morgan fingerprint density at radius 3 is 2.71 bits per heavy atom. The summed E-state index contributed by atoms with van der Waals surface area (Å²) in [6, 6.07) is 12.4. The second-order valence-electron chi connectivity index (χ2n) is 6.04. The second kappa shape index (κ2) is 4.76. The van der Waals surface area contributed by atoms with Gasteiger partial charge in [-0.2, -0.15) is 0 Å². The normalized spacial score (nSPS) is 19.8. The Hall–Kier alpha value is -2.03. The van der Waals surface area contributed by atoms with Gasteiger partial charge in [-0.05, 0) is 47.6 Å². The quantitative estimate of drug-likeness (QED) is 0.794. The number of hydrogen-bond acceptors (Lipinski definition) is 1. The largest absolute Gasteiger partial charge is 0.326 e. The summed E-state index contributed by atoms with van der Waals surface area (Å²) in [6.07, 6.45) is 3.99. The number of carbonyl (C=O) groups excluding carboxylic acids is 1. The molecule has 0 bridgehead atoms. The highest BCUT2D eigenvalue weighted by atomic mass is 16.1. The van der Waals surface area contributed by atoms with Crippen LogP contribution in [0.5, 0.6) is 0 Å². The third kappa shape index (κ3) is 2.17. The van der Waals surface area contributed by atoms with Crippen LogP contribution in [0.1, 0.15) is 41.0 Å². The highest BCUT2D eigenvalue weighted by molar-refractivity contribution is 6.32. The van der Waals surface area contributed by atoms with E-state index >= 15 is 0 Å². The molecule has 102 valence electrons. The summed E-state index contributed by atoms with van der Waals surface area (Å²) in [6.45, 7) is 0. The van der Waals surface area contributed by atoms with Crippen molar-refractivity contribution in [1.29, 1.82) is 0 Å². The van der Waals surface area contributed by atoms with E-state index in [4.69, 9.17) is 7.85 Å². The first-order valence-corrected chi connectivity index (χ1v) is 7.52. The minimum Gasteiger partial charge on any atom is -0.326 e. The molecule has 1 atom stereocenters. The van der Waals surface area contributed by atoms with Gasteiger partial charge in [0.05, 0.1) is 0 Å². The molecule has 0 saturated carbocycles. The van der Waals surface area contributed by atoms with Crippen molar-refractivity contribution in [2.75, 3.05) is 5.32 Å². The number of hydrogen-bond donors (Lipinski definition) is 1. The van der Waals surface area contributed by atoms with Gasteiger partial charge in [0.15, 0.2) is 0 Å². The van der Waals surface area contributed by atoms with Crippen LogP contribution in [0.4, 0.5) is 5.69 Å². The predicted octanol–water partition coefficient (Wildman–Crippen LogP) is 2.44. The van der Waals surface area contributed by atoms with Gasteiger partial charge < -0.3 is 5.32 Å². The number of amides is 1. The topological polar surface area (TPSA) is 29.1 Å². The molecular weight excluding hydrogens is 257 g/mol. The molecule has 0 aromatic heterocycles. The minimum absolute atomic E-state index is 0.0906. The Balaban J connectivity index is 1.85. The van der Waals surface area contributed by atoms with Crippen molar-refractivity contribution in [3.05, 3.63) is 58.7 Å². The Morgan fingerprint density at radius 1 is 1.10 bits per heavy atom. The van der Waals surface area contributed by atoms with E-state index in [0.29, 0.717) is 6.42 Å². The van der Waals surface area contributed by atoms with Gasteiger partial charge in [0.1, 0.15) is 7.85 Å². The molecule has 2 radical (unpaired) electrons. The SMILES string of the molecule is [B]c1cccc(C2CC(=O)Nc3cc4c(cc32)CCC4)c1. The van der Waals surface area contributed by atoms with Crippen molar-refractivity contribution >= 4 is 24.9 Å². The number of rotatable bonds is 1. The van der Waals surface area contributed by atoms with Crippen LogP contribution in [-0.2, 0) is 17.6 Å². The average molecular weight is 273 g/mol. The van der Waals surface area contributed by atoms with Gasteiger partial charge in [-0.3, -0.25) is 4.79 Å². The molecule has 1 aliphatic carbocycles. The lowest BCUT2D eigenvalue weighted by Crippen LogP contribution is -2.24. The molecule has 2 nitrogen and oxygen atoms in total. The fourth-order valence-corrected chi connectivity index (χ4v) is 3.61. The second-order valence-corrected chi connectivity index (χ2v) is 6.04. The molecule has 0 fully saturated rings. The van der Waals surface area contributed by atoms with Gasteiger partial charge >= 0.3 is 0 Å². The van der Waals surface area contributed by atoms with E-state index in [0.717, 1.165) is 29.6 Å². The molecule has 1 amide bonds. The van der Waals surface area contributed by atoms with Crippen molar-refractivity contribution in [3.8, 4) is 0 Å². The molecule has 0 saturated heterocycles. The number of fused-ring (bicyclic) bond motifs is 2. The lowest BCUT2D eigenvalue weighted by atomic mass is 9.81. The third-order valence-electron chi connectivity index (χ3n) is 4.62. The van der Waals surface area contributed by atoms with Crippen molar-refractivity contribution in [1.82, 2.24) is 0 Å². The molecule has 0 spiro atoms. The van der Waals surface area contributed by atoms with Crippen molar-refractivity contribution in [3.63, 3.8) is 0 Å². The average Bonchev–Trinajstić information content (AvgIpc) is 2.91. The van der Waals surface area contributed by atoms with Crippen LogP contribution in [-0.4, -0.2) is 13.8 Å². The Morgan fingerprint density at radius 2 is 1.90 bits per heavy atom. The van der Waals surface area contributed by atoms with E-state index in [1.807, 2.05) is 18.2 Å². The predicted molar refractivity (Wildman–Crippen MR) is 85.4 cm³/mol. The summed E-state index contributed by atoms with van der Waals surface area (Å²) in [4.78, 5) is 12.1. The highest BCUT2D eigenvalue weighted by Crippen LogP contribution is 2.40. The number of anilines is 1. The molecule has 1 heterocycles. The maximum atomic E-state index is 12.1. The van der Waals surface area contributed by atoms with Crippen LogP contribution in [0.2, 0.25) is 0 Å². The van der Waals surface area contributed by atoms with Gasteiger partial charge in [-0.1, -0.05) is 35.8 Å². The summed E-state index contributed by atoms with van der Waals surface area (Å²) in [5.74, 6) is 0.205. The third-order valence-corrected chi connectivity index (χ3v) is 4.62. The molecule has 2 aliphatic rings. The summed E-state index contributed by atoms with van der Waals surface area (Å²) < 4.78 is 0. The number of benzene rings is 2. The minimum atomic E-state index is 0.0906. The van der Waals surface area contributed by atoms with Gasteiger partial charge in [-0.25, -0.2) is 0 Å². The number of nitrogens with one attached hydrogen (secondary N) is 1. The van der Waals surface area contributed by atoms with Crippen LogP contribution >= 0.6 is 0 Å². The van der Waals surface area contributed by atoms with Crippen molar-refractivity contribution < 1.29 is 4.79 Å². The Labute approximate surface area is 126 Å². The monoisotopic (exact) mass is 273 g/mol. The van der Waals surface area contributed by atoms with Gasteiger partial charge in [-0.15, -0.1) is 0 Å². The summed E-state index contributed by atoms with van der Waals surface area (Å²) >= 11 is 0. The molecule has 1 N–H and O–H groups in total. The number of carbonyl (C=O) groups is 1. The lowest BCUT2D eigenvalue weighted by Gasteiger charge is -2.27. The first-order valence-electron chi connectivity index (χ1n) is 7.52. The maximum Gasteiger partial charge on any atom is 0.225 e. The maximum absolute atomic E-state index is 12.1. The highest BCUT2D eigenvalue weighted by Gasteiger charge is 2.28. The molecule has 3 heteroatoms. The van der Waals surface area contributed by atoms with Crippen LogP contribution in [0.3, 0.4) is 0 Å². The van der Waals surface area contributed by atoms with Gasteiger partial charge in [0.2, 0.25) is 5.91 Å². The molecule has 4 rings (SSSR count). The van der Waals surface area contributed by atoms with Gasteiger partial charge in [0.25, 0.3) is 0 Å². The Bertz CT molecular complexity index is 738. The zero-order valence-corrected chi connectivity index (χ0v) is 11.9. The van der Waals surface area contributed by atoms with E-state index in [2.05, 4.69) is 23.5 Å². The molecule has 2 aromatic carbocycles. The van der Waals surface area contributed by atoms with Crippen LogP contribution in [0.15, 0.2) is 36.4 Å². The van der Waals surface area contributed by atoms with E-state index in [1.165, 1.54) is 23.1 Å². The summed E-state index contributed by atoms with van der Waals surface area (Å²) in [7, 11) is 5.91.